The van der Waals surface area contributed by atoms with Crippen LogP contribution >= 0.6 is 22.9 Å². The number of thiazole rings is 1. The molecule has 0 atom stereocenters. The van der Waals surface area contributed by atoms with E-state index < -0.39 is 0 Å². The van der Waals surface area contributed by atoms with Crippen LogP contribution in [0.25, 0.3) is 33.9 Å². The second-order valence-corrected chi connectivity index (χ2v) is 7.18. The van der Waals surface area contributed by atoms with Crippen molar-refractivity contribution in [1.82, 2.24) is 14.6 Å². The second kappa shape index (κ2) is 6.22. The van der Waals surface area contributed by atoms with Crippen LogP contribution in [0, 0.1) is 0 Å². The molecule has 8 heteroatoms. The third-order valence-corrected chi connectivity index (χ3v) is 5.13. The van der Waals surface area contributed by atoms with Gasteiger partial charge in [-0.25, -0.2) is 0 Å². The SMILES string of the molecule is O=c1c(=Cc2ccc(-c3cccc(Cl)c3)o2)sc2nc(-c3ccco3)nn12. The lowest BCUT2D eigenvalue weighted by Gasteiger charge is -1.96. The molecule has 0 spiro atoms. The van der Waals surface area contributed by atoms with Gasteiger partial charge in [0.15, 0.2) is 5.76 Å². The van der Waals surface area contributed by atoms with Gasteiger partial charge in [0, 0.05) is 16.7 Å². The minimum Gasteiger partial charge on any atom is -0.461 e. The summed E-state index contributed by atoms with van der Waals surface area (Å²) in [4.78, 5) is 17.4. The highest BCUT2D eigenvalue weighted by molar-refractivity contribution is 7.15. The molecule has 0 aliphatic heterocycles. The zero-order valence-electron chi connectivity index (χ0n) is 13.6. The van der Waals surface area contributed by atoms with Crippen molar-refractivity contribution < 1.29 is 8.83 Å². The zero-order chi connectivity index (χ0) is 18.4. The molecule has 4 aromatic heterocycles. The minimum absolute atomic E-state index is 0.249. The molecule has 132 valence electrons. The monoisotopic (exact) mass is 395 g/mol. The van der Waals surface area contributed by atoms with Crippen LogP contribution in [0.1, 0.15) is 5.76 Å². The van der Waals surface area contributed by atoms with Gasteiger partial charge in [0.05, 0.1) is 6.26 Å². The summed E-state index contributed by atoms with van der Waals surface area (Å²) < 4.78 is 12.9. The summed E-state index contributed by atoms with van der Waals surface area (Å²) in [7, 11) is 0. The Hall–Kier alpha value is -3.16. The molecule has 0 radical (unpaired) electrons. The number of fused-ring (bicyclic) bond motifs is 1. The number of benzene rings is 1. The van der Waals surface area contributed by atoms with Gasteiger partial charge in [0.25, 0.3) is 5.56 Å². The quantitative estimate of drug-likeness (QED) is 0.463. The predicted octanol–water partition coefficient (Wildman–Crippen LogP) is 3.87. The van der Waals surface area contributed by atoms with Crippen molar-refractivity contribution in [1.29, 1.82) is 0 Å². The lowest BCUT2D eigenvalue weighted by molar-refractivity contribution is 0.571. The smallest absolute Gasteiger partial charge is 0.291 e. The lowest BCUT2D eigenvalue weighted by Crippen LogP contribution is -2.23. The lowest BCUT2D eigenvalue weighted by atomic mass is 10.2. The van der Waals surface area contributed by atoms with Crippen LogP contribution in [0.3, 0.4) is 0 Å². The molecule has 0 saturated carbocycles. The first-order valence-electron chi connectivity index (χ1n) is 7.98. The van der Waals surface area contributed by atoms with Crippen molar-refractivity contribution >= 4 is 34.0 Å². The van der Waals surface area contributed by atoms with E-state index in [9.17, 15) is 4.79 Å². The maximum Gasteiger partial charge on any atom is 0.291 e. The second-order valence-electron chi connectivity index (χ2n) is 5.74. The predicted molar refractivity (Wildman–Crippen MR) is 103 cm³/mol. The molecule has 5 rings (SSSR count). The van der Waals surface area contributed by atoms with Crippen molar-refractivity contribution in [2.75, 3.05) is 0 Å². The molecule has 0 saturated heterocycles. The molecule has 0 bridgehead atoms. The number of nitrogens with zero attached hydrogens (tertiary/aromatic N) is 3. The molecular formula is C19H10ClN3O3S. The highest BCUT2D eigenvalue weighted by atomic mass is 35.5. The average Bonchev–Trinajstić information content (AvgIpc) is 3.42. The van der Waals surface area contributed by atoms with E-state index in [2.05, 4.69) is 10.1 Å². The van der Waals surface area contributed by atoms with Crippen LogP contribution in [-0.2, 0) is 0 Å². The van der Waals surface area contributed by atoms with Crippen molar-refractivity contribution in [2.45, 2.75) is 0 Å². The van der Waals surface area contributed by atoms with Crippen LogP contribution < -0.4 is 10.1 Å². The van der Waals surface area contributed by atoms with Gasteiger partial charge < -0.3 is 8.83 Å². The fourth-order valence-electron chi connectivity index (χ4n) is 2.70. The fourth-order valence-corrected chi connectivity index (χ4v) is 3.78. The van der Waals surface area contributed by atoms with Crippen molar-refractivity contribution in [3.8, 4) is 22.9 Å². The van der Waals surface area contributed by atoms with Crippen molar-refractivity contribution in [3.63, 3.8) is 0 Å². The van der Waals surface area contributed by atoms with Gasteiger partial charge in [-0.2, -0.15) is 9.50 Å². The summed E-state index contributed by atoms with van der Waals surface area (Å²) in [6.45, 7) is 0. The summed E-state index contributed by atoms with van der Waals surface area (Å²) in [6, 6.07) is 14.5. The van der Waals surface area contributed by atoms with Crippen LogP contribution in [0.5, 0.6) is 0 Å². The van der Waals surface area contributed by atoms with E-state index in [1.54, 1.807) is 30.3 Å². The summed E-state index contributed by atoms with van der Waals surface area (Å²) in [5.41, 5.74) is 0.622. The molecule has 0 aliphatic rings. The Kier molecular flexibility index (Phi) is 3.70. The van der Waals surface area contributed by atoms with Gasteiger partial charge in [-0.05, 0) is 36.4 Å². The molecule has 0 unspecified atom stereocenters. The van der Waals surface area contributed by atoms with Gasteiger partial charge in [-0.15, -0.1) is 5.10 Å². The maximum absolute atomic E-state index is 12.6. The molecule has 27 heavy (non-hydrogen) atoms. The van der Waals surface area contributed by atoms with Gasteiger partial charge in [-0.3, -0.25) is 4.79 Å². The summed E-state index contributed by atoms with van der Waals surface area (Å²) in [6.07, 6.45) is 3.22. The Morgan fingerprint density at radius 1 is 1.11 bits per heavy atom. The molecule has 0 amide bonds. The van der Waals surface area contributed by atoms with E-state index >= 15 is 0 Å². The summed E-state index contributed by atoms with van der Waals surface area (Å²) in [5.74, 6) is 2.15. The number of hydrogen-bond acceptors (Lipinski definition) is 6. The minimum atomic E-state index is -0.249. The molecule has 1 aromatic carbocycles. The zero-order valence-corrected chi connectivity index (χ0v) is 15.2. The normalized spacial score (nSPS) is 12.3. The molecule has 0 aliphatic carbocycles. The number of aromatic nitrogens is 3. The molecule has 6 nitrogen and oxygen atoms in total. The van der Waals surface area contributed by atoms with E-state index in [0.717, 1.165) is 5.56 Å². The summed E-state index contributed by atoms with van der Waals surface area (Å²) in [5, 5.41) is 4.86. The Bertz CT molecular complexity index is 1370. The van der Waals surface area contributed by atoms with Gasteiger partial charge in [0.1, 0.15) is 16.1 Å². The van der Waals surface area contributed by atoms with E-state index in [0.29, 0.717) is 37.6 Å². The molecule has 0 fully saturated rings. The number of hydrogen-bond donors (Lipinski definition) is 0. The van der Waals surface area contributed by atoms with Crippen LogP contribution in [0.2, 0.25) is 5.02 Å². The first-order chi connectivity index (χ1) is 13.2. The van der Waals surface area contributed by atoms with Gasteiger partial charge in [-0.1, -0.05) is 35.1 Å². The van der Waals surface area contributed by atoms with E-state index in [1.807, 2.05) is 24.3 Å². The third kappa shape index (κ3) is 2.87. The average molecular weight is 396 g/mol. The Morgan fingerprint density at radius 2 is 2.04 bits per heavy atom. The topological polar surface area (TPSA) is 73.5 Å². The first-order valence-corrected chi connectivity index (χ1v) is 9.18. The number of furan rings is 2. The molecule has 5 aromatic rings. The number of rotatable bonds is 3. The van der Waals surface area contributed by atoms with E-state index in [4.69, 9.17) is 20.4 Å². The van der Waals surface area contributed by atoms with Gasteiger partial charge >= 0.3 is 0 Å². The molecule has 0 N–H and O–H groups in total. The Balaban J connectivity index is 1.54. The third-order valence-electron chi connectivity index (χ3n) is 3.93. The largest absolute Gasteiger partial charge is 0.461 e. The first kappa shape index (κ1) is 16.0. The highest BCUT2D eigenvalue weighted by Gasteiger charge is 2.14. The maximum atomic E-state index is 12.6. The Labute approximate surface area is 160 Å². The fraction of sp³-hybridized carbons (Fsp3) is 0. The Morgan fingerprint density at radius 3 is 2.81 bits per heavy atom. The van der Waals surface area contributed by atoms with Crippen molar-refractivity contribution in [2.24, 2.45) is 0 Å². The summed E-state index contributed by atoms with van der Waals surface area (Å²) >= 11 is 7.26. The number of halogens is 1. The molecular weight excluding hydrogens is 386 g/mol. The van der Waals surface area contributed by atoms with E-state index in [-0.39, 0.29) is 5.56 Å². The highest BCUT2D eigenvalue weighted by Crippen LogP contribution is 2.25. The van der Waals surface area contributed by atoms with Crippen molar-refractivity contribution in [3.05, 3.63) is 80.5 Å². The van der Waals surface area contributed by atoms with Crippen LogP contribution in [0.15, 0.2) is 68.4 Å². The van der Waals surface area contributed by atoms with E-state index in [1.165, 1.54) is 22.1 Å². The molecule has 4 heterocycles. The van der Waals surface area contributed by atoms with Crippen LogP contribution in [0.4, 0.5) is 0 Å². The van der Waals surface area contributed by atoms with Crippen LogP contribution in [-0.4, -0.2) is 14.6 Å². The standard InChI is InChI=1S/C19H10ClN3O3S/c20-12-4-1-3-11(9-12)14-7-6-13(26-14)10-16-18(24)23-19(27-16)21-17(22-23)15-5-2-8-25-15/h1-10H. The van der Waals surface area contributed by atoms with Gasteiger partial charge in [0.2, 0.25) is 10.8 Å².